The number of hydrogen-bond acceptors (Lipinski definition) is 2. The monoisotopic (exact) mass is 301 g/mol. The fourth-order valence-electron chi connectivity index (χ4n) is 2.24. The average Bonchev–Trinajstić information content (AvgIpc) is 2.88. The third-order valence-electron chi connectivity index (χ3n) is 3.12. The van der Waals surface area contributed by atoms with Gasteiger partial charge in [-0.15, -0.1) is 11.3 Å². The van der Waals surface area contributed by atoms with Crippen LogP contribution in [-0.4, -0.2) is 17.3 Å². The molecule has 1 aromatic rings. The third-order valence-corrected chi connectivity index (χ3v) is 4.83. The fourth-order valence-corrected chi connectivity index (χ4v) is 3.72. The second-order valence-corrected chi connectivity index (χ2v) is 5.96. The van der Waals surface area contributed by atoms with Crippen molar-refractivity contribution in [3.8, 4) is 0 Å². The Hall–Kier alpha value is -0.350. The Morgan fingerprint density at radius 3 is 3.12 bits per heavy atom. The van der Waals surface area contributed by atoms with Crippen LogP contribution in [0.4, 0.5) is 0 Å². The highest BCUT2D eigenvalue weighted by molar-refractivity contribution is 9.09. The first kappa shape index (κ1) is 12.1. The predicted octanol–water partition coefficient (Wildman–Crippen LogP) is 2.97. The van der Waals surface area contributed by atoms with Crippen LogP contribution in [0.15, 0.2) is 17.5 Å². The maximum atomic E-state index is 11.8. The highest BCUT2D eigenvalue weighted by atomic mass is 79.9. The summed E-state index contributed by atoms with van der Waals surface area (Å²) in [5.41, 5.74) is 0. The molecule has 0 aromatic carbocycles. The van der Waals surface area contributed by atoms with Gasteiger partial charge in [-0.05, 0) is 30.2 Å². The maximum Gasteiger partial charge on any atom is 0.225 e. The first-order chi connectivity index (χ1) is 7.79. The first-order valence-electron chi connectivity index (χ1n) is 5.67. The van der Waals surface area contributed by atoms with Gasteiger partial charge in [0.2, 0.25) is 5.91 Å². The number of carbonyl (C=O) groups excluding carboxylic acids is 1. The smallest absolute Gasteiger partial charge is 0.225 e. The lowest BCUT2D eigenvalue weighted by Crippen LogP contribution is -2.38. The molecule has 1 heterocycles. The molecule has 1 fully saturated rings. The molecule has 0 spiro atoms. The van der Waals surface area contributed by atoms with Crippen molar-refractivity contribution < 1.29 is 4.79 Å². The quantitative estimate of drug-likeness (QED) is 0.851. The highest BCUT2D eigenvalue weighted by Crippen LogP contribution is 2.27. The van der Waals surface area contributed by atoms with Crippen molar-refractivity contribution in [2.24, 2.45) is 5.92 Å². The summed E-state index contributed by atoms with van der Waals surface area (Å²) in [5, 5.41) is 6.17. The Bertz CT molecular complexity index is 339. The average molecular weight is 302 g/mol. The minimum atomic E-state index is 0.167. The summed E-state index contributed by atoms with van der Waals surface area (Å²) >= 11 is 5.16. The topological polar surface area (TPSA) is 29.1 Å². The predicted molar refractivity (Wildman–Crippen MR) is 71.1 cm³/mol. The van der Waals surface area contributed by atoms with Gasteiger partial charge in [-0.2, -0.15) is 0 Å². The van der Waals surface area contributed by atoms with E-state index >= 15 is 0 Å². The number of halogens is 1. The van der Waals surface area contributed by atoms with Gasteiger partial charge in [0.15, 0.2) is 0 Å². The largest absolute Gasteiger partial charge is 0.353 e. The first-order valence-corrected chi connectivity index (χ1v) is 7.67. The summed E-state index contributed by atoms with van der Waals surface area (Å²) in [6.07, 6.45) is 4.13. The zero-order chi connectivity index (χ0) is 11.4. The molecule has 1 aliphatic carbocycles. The molecule has 0 aliphatic heterocycles. The number of alkyl halides is 1. The van der Waals surface area contributed by atoms with Gasteiger partial charge in [-0.1, -0.05) is 28.4 Å². The molecule has 2 nitrogen and oxygen atoms in total. The van der Waals surface area contributed by atoms with Crippen LogP contribution in [0.3, 0.4) is 0 Å². The lowest BCUT2D eigenvalue weighted by atomic mass is 10.1. The molecule has 0 radical (unpaired) electrons. The molecule has 4 heteroatoms. The summed E-state index contributed by atoms with van der Waals surface area (Å²) in [6, 6.07) is 4.39. The number of thiophene rings is 1. The second kappa shape index (κ2) is 5.82. The van der Waals surface area contributed by atoms with Crippen molar-refractivity contribution in [3.63, 3.8) is 0 Å². The van der Waals surface area contributed by atoms with E-state index in [-0.39, 0.29) is 5.91 Å². The van der Waals surface area contributed by atoms with Gasteiger partial charge in [0.25, 0.3) is 0 Å². The molecule has 0 saturated heterocycles. The minimum absolute atomic E-state index is 0.167. The van der Waals surface area contributed by atoms with Crippen molar-refractivity contribution >= 4 is 33.2 Å². The molecule has 0 bridgehead atoms. The van der Waals surface area contributed by atoms with Crippen LogP contribution in [0.2, 0.25) is 0 Å². The Morgan fingerprint density at radius 2 is 2.44 bits per heavy atom. The van der Waals surface area contributed by atoms with Gasteiger partial charge in [0.1, 0.15) is 0 Å². The molecule has 1 N–H and O–H groups in total. The molecule has 1 aromatic heterocycles. The van der Waals surface area contributed by atoms with Crippen molar-refractivity contribution in [3.05, 3.63) is 22.4 Å². The van der Waals surface area contributed by atoms with Crippen LogP contribution >= 0.6 is 27.3 Å². The summed E-state index contributed by atoms with van der Waals surface area (Å²) in [7, 11) is 0. The zero-order valence-electron chi connectivity index (χ0n) is 9.12. The Labute approximate surface area is 109 Å². The van der Waals surface area contributed by atoms with Crippen LogP contribution in [0.1, 0.15) is 24.1 Å². The lowest BCUT2D eigenvalue weighted by molar-refractivity contribution is -0.121. The van der Waals surface area contributed by atoms with Gasteiger partial charge in [0.05, 0.1) is 6.42 Å². The van der Waals surface area contributed by atoms with Gasteiger partial charge < -0.3 is 5.32 Å². The molecule has 2 atom stereocenters. The molecule has 1 aliphatic rings. The second-order valence-electron chi connectivity index (χ2n) is 4.28. The van der Waals surface area contributed by atoms with E-state index in [2.05, 4.69) is 21.2 Å². The zero-order valence-corrected chi connectivity index (χ0v) is 11.5. The molecule has 1 saturated carbocycles. The molecular formula is C12H16BrNOS. The lowest BCUT2D eigenvalue weighted by Gasteiger charge is -2.18. The Kier molecular flexibility index (Phi) is 4.41. The Morgan fingerprint density at radius 1 is 1.56 bits per heavy atom. The van der Waals surface area contributed by atoms with E-state index in [0.717, 1.165) is 16.6 Å². The van der Waals surface area contributed by atoms with Gasteiger partial charge in [-0.3, -0.25) is 4.79 Å². The standard InChI is InChI=1S/C12H16BrNOS/c13-8-9-3-1-5-11(9)14-12(15)7-10-4-2-6-16-10/h2,4,6,9,11H,1,3,5,7-8H2,(H,14,15). The number of carbonyl (C=O) groups is 1. The summed E-state index contributed by atoms with van der Waals surface area (Å²) < 4.78 is 0. The number of hydrogen-bond donors (Lipinski definition) is 1. The van der Waals surface area contributed by atoms with Crippen molar-refractivity contribution in [2.45, 2.75) is 31.7 Å². The van der Waals surface area contributed by atoms with E-state index in [1.807, 2.05) is 17.5 Å². The number of nitrogens with one attached hydrogen (secondary N) is 1. The summed E-state index contributed by atoms with van der Waals surface area (Å²) in [5.74, 6) is 0.785. The minimum Gasteiger partial charge on any atom is -0.353 e. The molecular weight excluding hydrogens is 286 g/mol. The molecule has 16 heavy (non-hydrogen) atoms. The summed E-state index contributed by atoms with van der Waals surface area (Å²) in [6.45, 7) is 0. The van der Waals surface area contributed by atoms with Crippen molar-refractivity contribution in [2.75, 3.05) is 5.33 Å². The van der Waals surface area contributed by atoms with Gasteiger partial charge in [0, 0.05) is 16.2 Å². The SMILES string of the molecule is O=C(Cc1cccs1)NC1CCCC1CBr. The van der Waals surface area contributed by atoms with E-state index in [9.17, 15) is 4.79 Å². The molecule has 1 amide bonds. The van der Waals surface area contributed by atoms with Crippen LogP contribution < -0.4 is 5.32 Å². The van der Waals surface area contributed by atoms with Crippen LogP contribution in [0.25, 0.3) is 0 Å². The third kappa shape index (κ3) is 3.08. The molecule has 88 valence electrons. The van der Waals surface area contributed by atoms with Crippen molar-refractivity contribution in [1.82, 2.24) is 5.32 Å². The van der Waals surface area contributed by atoms with E-state index in [0.29, 0.717) is 18.4 Å². The van der Waals surface area contributed by atoms with Crippen molar-refractivity contribution in [1.29, 1.82) is 0 Å². The highest BCUT2D eigenvalue weighted by Gasteiger charge is 2.27. The number of amides is 1. The van der Waals surface area contributed by atoms with E-state index in [1.165, 1.54) is 12.8 Å². The van der Waals surface area contributed by atoms with E-state index < -0.39 is 0 Å². The normalized spacial score (nSPS) is 24.6. The maximum absolute atomic E-state index is 11.8. The summed E-state index contributed by atoms with van der Waals surface area (Å²) in [4.78, 5) is 13.0. The van der Waals surface area contributed by atoms with Crippen LogP contribution in [0.5, 0.6) is 0 Å². The molecule has 2 rings (SSSR count). The fraction of sp³-hybridized carbons (Fsp3) is 0.583. The number of rotatable bonds is 4. The van der Waals surface area contributed by atoms with Gasteiger partial charge >= 0.3 is 0 Å². The Balaban J connectivity index is 1.83. The van der Waals surface area contributed by atoms with Crippen LogP contribution in [-0.2, 0) is 11.2 Å². The van der Waals surface area contributed by atoms with E-state index in [4.69, 9.17) is 0 Å². The van der Waals surface area contributed by atoms with Gasteiger partial charge in [-0.25, -0.2) is 0 Å². The molecule has 2 unspecified atom stereocenters. The van der Waals surface area contributed by atoms with E-state index in [1.54, 1.807) is 11.3 Å². The van der Waals surface area contributed by atoms with Crippen LogP contribution in [0, 0.1) is 5.92 Å².